The van der Waals surface area contributed by atoms with Crippen molar-refractivity contribution in [3.63, 3.8) is 0 Å². The smallest absolute Gasteiger partial charge is 0.360 e. The molecule has 2 heterocycles. The number of nitrogens with zero attached hydrogens (tertiary/aromatic N) is 2. The number of hydrogen-bond acceptors (Lipinski definition) is 7. The summed E-state index contributed by atoms with van der Waals surface area (Å²) in [7, 11) is 0. The summed E-state index contributed by atoms with van der Waals surface area (Å²) in [6.07, 6.45) is -1.69. The zero-order chi connectivity index (χ0) is 17.0. The molecule has 1 aliphatic heterocycles. The third-order valence-electron chi connectivity index (χ3n) is 2.95. The molecule has 0 radical (unpaired) electrons. The highest BCUT2D eigenvalue weighted by Gasteiger charge is 2.43. The average molecular weight is 350 g/mol. The second-order valence-corrected chi connectivity index (χ2v) is 6.14. The van der Waals surface area contributed by atoms with Crippen LogP contribution < -0.4 is 0 Å². The maximum absolute atomic E-state index is 12.3. The fourth-order valence-electron chi connectivity index (χ4n) is 2.03. The zero-order valence-corrected chi connectivity index (χ0v) is 12.8. The number of hydrogen-bond donors (Lipinski definition) is 0. The molecule has 2 rings (SSSR count). The van der Waals surface area contributed by atoms with E-state index in [2.05, 4.69) is 9.99 Å². The first kappa shape index (κ1) is 17.5. The van der Waals surface area contributed by atoms with Crippen LogP contribution in [-0.4, -0.2) is 45.8 Å². The van der Waals surface area contributed by atoms with Crippen molar-refractivity contribution < 1.29 is 32.1 Å². The first-order valence-electron chi connectivity index (χ1n) is 6.58. The Labute approximate surface area is 133 Å². The summed E-state index contributed by atoms with van der Waals surface area (Å²) in [4.78, 5) is 26.6. The van der Waals surface area contributed by atoms with Crippen LogP contribution in [0.4, 0.5) is 13.2 Å². The van der Waals surface area contributed by atoms with Crippen LogP contribution in [0.2, 0.25) is 0 Å². The van der Waals surface area contributed by atoms with Gasteiger partial charge in [-0.2, -0.15) is 13.2 Å². The molecule has 1 fully saturated rings. The predicted molar refractivity (Wildman–Crippen MR) is 74.9 cm³/mol. The minimum absolute atomic E-state index is 0.0481. The maximum Gasteiger partial charge on any atom is 0.492 e. The lowest BCUT2D eigenvalue weighted by atomic mass is 10.0. The zero-order valence-electron chi connectivity index (χ0n) is 12.0. The molecule has 0 amide bonds. The van der Waals surface area contributed by atoms with Crippen molar-refractivity contribution in [1.82, 2.24) is 10.2 Å². The Morgan fingerprint density at radius 1 is 1.52 bits per heavy atom. The van der Waals surface area contributed by atoms with Crippen LogP contribution in [0, 0.1) is 0 Å². The molecular weight excluding hydrogens is 337 g/mol. The Hall–Kier alpha value is -1.81. The molecule has 0 N–H and O–H groups in total. The quantitative estimate of drug-likeness (QED) is 0.829. The van der Waals surface area contributed by atoms with Gasteiger partial charge in [-0.3, -0.25) is 4.79 Å². The van der Waals surface area contributed by atoms with E-state index in [1.807, 2.05) is 0 Å². The van der Waals surface area contributed by atoms with Crippen molar-refractivity contribution >= 4 is 28.9 Å². The number of rotatable bonds is 3. The van der Waals surface area contributed by atoms with E-state index in [-0.39, 0.29) is 23.5 Å². The molecule has 1 unspecified atom stereocenters. The first-order chi connectivity index (χ1) is 10.8. The molecule has 126 valence electrons. The number of carbonyl (C=O) groups is 2. The van der Waals surface area contributed by atoms with Crippen molar-refractivity contribution in [1.29, 1.82) is 0 Å². The second-order valence-electron chi connectivity index (χ2n) is 4.76. The molecular formula is C13H13F3N2O4S. The highest BCUT2D eigenvalue weighted by molar-refractivity contribution is 8.14. The number of hydroxylamine groups is 2. The average Bonchev–Trinajstić information content (AvgIpc) is 2.93. The predicted octanol–water partition coefficient (Wildman–Crippen LogP) is 2.43. The Morgan fingerprint density at radius 3 is 2.83 bits per heavy atom. The molecule has 1 saturated heterocycles. The van der Waals surface area contributed by atoms with E-state index in [1.54, 1.807) is 12.1 Å². The molecule has 0 aliphatic carbocycles. The molecule has 1 atom stereocenters. The van der Waals surface area contributed by atoms with Crippen LogP contribution in [0.15, 0.2) is 22.4 Å². The lowest BCUT2D eigenvalue weighted by Gasteiger charge is -2.32. The van der Waals surface area contributed by atoms with Gasteiger partial charge in [0.25, 0.3) is 0 Å². The van der Waals surface area contributed by atoms with E-state index in [1.165, 1.54) is 13.1 Å². The topological polar surface area (TPSA) is 72.6 Å². The van der Waals surface area contributed by atoms with Gasteiger partial charge in [0.2, 0.25) is 0 Å². The number of carbonyl (C=O) groups excluding carboxylic acids is 2. The Morgan fingerprint density at radius 2 is 2.26 bits per heavy atom. The molecule has 10 heteroatoms. The number of alkyl halides is 3. The lowest BCUT2D eigenvalue weighted by Crippen LogP contribution is -2.41. The SMILES string of the molecule is CC(=O)SC1CCN(OC(=O)C(F)(F)F)C/C1=C\c1ccno1. The minimum Gasteiger partial charge on any atom is -0.360 e. The van der Waals surface area contributed by atoms with Crippen LogP contribution in [0.25, 0.3) is 6.08 Å². The van der Waals surface area contributed by atoms with Gasteiger partial charge in [-0.15, -0.1) is 5.06 Å². The van der Waals surface area contributed by atoms with Crippen LogP contribution in [0.1, 0.15) is 19.1 Å². The summed E-state index contributed by atoms with van der Waals surface area (Å²) in [5.74, 6) is -1.87. The largest absolute Gasteiger partial charge is 0.492 e. The van der Waals surface area contributed by atoms with Crippen molar-refractivity contribution in [3.05, 3.63) is 23.6 Å². The lowest BCUT2D eigenvalue weighted by molar-refractivity contribution is -0.238. The summed E-state index contributed by atoms with van der Waals surface area (Å²) in [6, 6.07) is 1.57. The molecule has 0 aromatic carbocycles. The fraction of sp³-hybridized carbons (Fsp3) is 0.462. The number of thioether (sulfide) groups is 1. The van der Waals surface area contributed by atoms with E-state index in [9.17, 15) is 22.8 Å². The van der Waals surface area contributed by atoms with Gasteiger partial charge >= 0.3 is 12.1 Å². The normalized spacial score (nSPS) is 21.4. The van der Waals surface area contributed by atoms with Gasteiger partial charge in [-0.1, -0.05) is 16.9 Å². The highest BCUT2D eigenvalue weighted by atomic mass is 32.2. The standard InChI is InChI=1S/C13H13F3N2O4S/c1-8(19)23-11-3-5-18(22-12(20)13(14,15)16)7-9(11)6-10-2-4-17-21-10/h2,4,6,11H,3,5,7H2,1H3/b9-6+. The van der Waals surface area contributed by atoms with Gasteiger partial charge in [0.15, 0.2) is 10.9 Å². The molecule has 0 bridgehead atoms. The van der Waals surface area contributed by atoms with Crippen molar-refractivity contribution in [2.24, 2.45) is 0 Å². The Balaban J connectivity index is 2.12. The molecule has 1 aromatic rings. The van der Waals surface area contributed by atoms with Crippen LogP contribution in [0.3, 0.4) is 0 Å². The molecule has 0 saturated carbocycles. The molecule has 1 aromatic heterocycles. The Bertz CT molecular complexity index is 601. The summed E-state index contributed by atoms with van der Waals surface area (Å²) >= 11 is 1.07. The Kier molecular flexibility index (Phi) is 5.47. The fourth-order valence-corrected chi connectivity index (χ4v) is 2.95. The molecule has 6 nitrogen and oxygen atoms in total. The van der Waals surface area contributed by atoms with Gasteiger partial charge in [-0.05, 0) is 18.1 Å². The van der Waals surface area contributed by atoms with Crippen LogP contribution >= 0.6 is 11.8 Å². The summed E-state index contributed by atoms with van der Waals surface area (Å²) in [6.45, 7) is 1.46. The van der Waals surface area contributed by atoms with E-state index >= 15 is 0 Å². The van der Waals surface area contributed by atoms with E-state index in [0.29, 0.717) is 17.8 Å². The van der Waals surface area contributed by atoms with Crippen LogP contribution in [-0.2, 0) is 14.4 Å². The van der Waals surface area contributed by atoms with Gasteiger partial charge in [-0.25, -0.2) is 4.79 Å². The van der Waals surface area contributed by atoms with Gasteiger partial charge < -0.3 is 9.36 Å². The highest BCUT2D eigenvalue weighted by Crippen LogP contribution is 2.30. The summed E-state index contributed by atoms with van der Waals surface area (Å²) < 4.78 is 41.7. The minimum atomic E-state index is -5.06. The van der Waals surface area contributed by atoms with Gasteiger partial charge in [0, 0.05) is 24.8 Å². The van der Waals surface area contributed by atoms with Gasteiger partial charge in [0.1, 0.15) is 0 Å². The van der Waals surface area contributed by atoms with E-state index < -0.39 is 12.1 Å². The molecule has 23 heavy (non-hydrogen) atoms. The third-order valence-corrected chi connectivity index (χ3v) is 4.11. The van der Waals surface area contributed by atoms with E-state index in [4.69, 9.17) is 4.52 Å². The number of piperidine rings is 1. The summed E-state index contributed by atoms with van der Waals surface area (Å²) in [5.41, 5.74) is 0.614. The van der Waals surface area contributed by atoms with Gasteiger partial charge in [0.05, 0.1) is 12.7 Å². The summed E-state index contributed by atoms with van der Waals surface area (Å²) in [5, 5.41) is 4.12. The van der Waals surface area contributed by atoms with E-state index in [0.717, 1.165) is 16.8 Å². The first-order valence-corrected chi connectivity index (χ1v) is 7.46. The van der Waals surface area contributed by atoms with Crippen LogP contribution in [0.5, 0.6) is 0 Å². The maximum atomic E-state index is 12.3. The number of halogens is 3. The molecule has 0 spiro atoms. The number of aromatic nitrogens is 1. The molecule has 1 aliphatic rings. The second kappa shape index (κ2) is 7.18. The van der Waals surface area contributed by atoms with Crippen molar-refractivity contribution in [2.45, 2.75) is 24.8 Å². The van der Waals surface area contributed by atoms with Crippen molar-refractivity contribution in [2.75, 3.05) is 13.1 Å². The van der Waals surface area contributed by atoms with Crippen molar-refractivity contribution in [3.8, 4) is 0 Å². The monoisotopic (exact) mass is 350 g/mol. The third kappa shape index (κ3) is 5.10.